The Morgan fingerprint density at radius 2 is 2.47 bits per heavy atom. The standard InChI is InChI=1S/C13H17FN2O/c14-11-4-2-6-15-12(11)16-7-10-3-1-5-13(10,8-16)9-17/h2,4,6,10,17H,1,3,5,7-9H2. The van der Waals surface area contributed by atoms with Gasteiger partial charge >= 0.3 is 0 Å². The highest BCUT2D eigenvalue weighted by molar-refractivity contribution is 5.42. The molecule has 2 atom stereocenters. The van der Waals surface area contributed by atoms with E-state index in [0.29, 0.717) is 11.7 Å². The van der Waals surface area contributed by atoms with Gasteiger partial charge in [0.2, 0.25) is 0 Å². The number of hydrogen-bond donors (Lipinski definition) is 1. The van der Waals surface area contributed by atoms with E-state index in [1.54, 1.807) is 12.3 Å². The highest BCUT2D eigenvalue weighted by atomic mass is 19.1. The van der Waals surface area contributed by atoms with Crippen molar-refractivity contribution in [3.8, 4) is 0 Å². The molecule has 1 saturated heterocycles. The molecule has 1 aromatic rings. The molecule has 17 heavy (non-hydrogen) atoms. The van der Waals surface area contributed by atoms with Crippen molar-refractivity contribution in [2.24, 2.45) is 11.3 Å². The van der Waals surface area contributed by atoms with E-state index in [4.69, 9.17) is 0 Å². The molecule has 0 aromatic carbocycles. The quantitative estimate of drug-likeness (QED) is 0.851. The first-order valence-electron chi connectivity index (χ1n) is 6.21. The minimum absolute atomic E-state index is 0.00996. The van der Waals surface area contributed by atoms with Gasteiger partial charge in [-0.1, -0.05) is 6.42 Å². The molecular formula is C13H17FN2O. The van der Waals surface area contributed by atoms with Crippen molar-refractivity contribution in [2.45, 2.75) is 19.3 Å². The van der Waals surface area contributed by atoms with Gasteiger partial charge in [0.25, 0.3) is 0 Å². The number of fused-ring (bicyclic) bond motifs is 1. The van der Waals surface area contributed by atoms with Crippen molar-refractivity contribution >= 4 is 5.82 Å². The summed E-state index contributed by atoms with van der Waals surface area (Å²) in [5, 5.41) is 9.62. The van der Waals surface area contributed by atoms with Gasteiger partial charge in [0.05, 0.1) is 6.61 Å². The molecule has 4 heteroatoms. The second-order valence-corrected chi connectivity index (χ2v) is 5.30. The zero-order valence-electron chi connectivity index (χ0n) is 9.77. The predicted molar refractivity (Wildman–Crippen MR) is 63.3 cm³/mol. The van der Waals surface area contributed by atoms with Crippen LogP contribution in [0.5, 0.6) is 0 Å². The summed E-state index contributed by atoms with van der Waals surface area (Å²) in [7, 11) is 0. The fourth-order valence-corrected chi connectivity index (χ4v) is 3.44. The lowest BCUT2D eigenvalue weighted by atomic mass is 9.82. The Morgan fingerprint density at radius 3 is 3.18 bits per heavy atom. The molecule has 1 aliphatic heterocycles. The van der Waals surface area contributed by atoms with Crippen LogP contribution in [0.1, 0.15) is 19.3 Å². The Kier molecular flexibility index (Phi) is 2.54. The van der Waals surface area contributed by atoms with Crippen LogP contribution in [0.25, 0.3) is 0 Å². The molecule has 1 saturated carbocycles. The van der Waals surface area contributed by atoms with Crippen molar-refractivity contribution in [3.63, 3.8) is 0 Å². The number of halogens is 1. The summed E-state index contributed by atoms with van der Waals surface area (Å²) in [6.45, 7) is 1.78. The van der Waals surface area contributed by atoms with E-state index in [1.165, 1.54) is 12.5 Å². The Hall–Kier alpha value is -1.16. The molecule has 2 fully saturated rings. The second-order valence-electron chi connectivity index (χ2n) is 5.30. The number of nitrogens with zero attached hydrogens (tertiary/aromatic N) is 2. The summed E-state index contributed by atoms with van der Waals surface area (Å²) in [5.41, 5.74) is -0.00996. The zero-order valence-corrected chi connectivity index (χ0v) is 9.77. The number of aliphatic hydroxyl groups is 1. The third-order valence-corrected chi connectivity index (χ3v) is 4.39. The van der Waals surface area contributed by atoms with Gasteiger partial charge in [-0.15, -0.1) is 0 Å². The number of hydrogen-bond acceptors (Lipinski definition) is 3. The monoisotopic (exact) mass is 236 g/mol. The van der Waals surface area contributed by atoms with Crippen molar-refractivity contribution < 1.29 is 9.50 Å². The maximum absolute atomic E-state index is 13.7. The number of aromatic nitrogens is 1. The molecule has 0 spiro atoms. The average molecular weight is 236 g/mol. The van der Waals surface area contributed by atoms with Crippen LogP contribution in [0.15, 0.2) is 18.3 Å². The molecule has 1 aliphatic carbocycles. The van der Waals surface area contributed by atoms with Gasteiger partial charge in [-0.25, -0.2) is 9.37 Å². The van der Waals surface area contributed by atoms with Gasteiger partial charge in [-0.05, 0) is 30.9 Å². The lowest BCUT2D eigenvalue weighted by Crippen LogP contribution is -2.31. The highest BCUT2D eigenvalue weighted by Crippen LogP contribution is 2.49. The van der Waals surface area contributed by atoms with E-state index in [9.17, 15) is 9.50 Å². The van der Waals surface area contributed by atoms with Crippen molar-refractivity contribution in [2.75, 3.05) is 24.6 Å². The smallest absolute Gasteiger partial charge is 0.165 e. The molecule has 1 aromatic heterocycles. The van der Waals surface area contributed by atoms with E-state index in [1.807, 2.05) is 4.90 Å². The molecule has 0 amide bonds. The molecule has 2 heterocycles. The van der Waals surface area contributed by atoms with Crippen LogP contribution < -0.4 is 4.90 Å². The number of aliphatic hydroxyl groups excluding tert-OH is 1. The topological polar surface area (TPSA) is 36.4 Å². The number of anilines is 1. The minimum Gasteiger partial charge on any atom is -0.396 e. The van der Waals surface area contributed by atoms with Crippen LogP contribution in [0, 0.1) is 17.2 Å². The molecule has 1 N–H and O–H groups in total. The van der Waals surface area contributed by atoms with Gasteiger partial charge in [-0.3, -0.25) is 0 Å². The lowest BCUT2D eigenvalue weighted by molar-refractivity contribution is 0.121. The lowest BCUT2D eigenvalue weighted by Gasteiger charge is -2.26. The fourth-order valence-electron chi connectivity index (χ4n) is 3.44. The molecule has 3 rings (SSSR count). The Morgan fingerprint density at radius 1 is 1.59 bits per heavy atom. The fraction of sp³-hybridized carbons (Fsp3) is 0.615. The largest absolute Gasteiger partial charge is 0.396 e. The Labute approximate surface area is 100 Å². The van der Waals surface area contributed by atoms with Crippen LogP contribution in [0.4, 0.5) is 10.2 Å². The zero-order chi connectivity index (χ0) is 11.9. The summed E-state index contributed by atoms with van der Waals surface area (Å²) >= 11 is 0. The van der Waals surface area contributed by atoms with Gasteiger partial charge in [0.1, 0.15) is 0 Å². The molecule has 0 radical (unpaired) electrons. The van der Waals surface area contributed by atoms with Gasteiger partial charge in [0.15, 0.2) is 11.6 Å². The van der Waals surface area contributed by atoms with Crippen LogP contribution in [-0.2, 0) is 0 Å². The van der Waals surface area contributed by atoms with Crippen LogP contribution >= 0.6 is 0 Å². The van der Waals surface area contributed by atoms with Crippen LogP contribution in [-0.4, -0.2) is 29.8 Å². The Bertz CT molecular complexity index is 426. The van der Waals surface area contributed by atoms with E-state index < -0.39 is 0 Å². The summed E-state index contributed by atoms with van der Waals surface area (Å²) in [4.78, 5) is 6.12. The third-order valence-electron chi connectivity index (χ3n) is 4.39. The Balaban J connectivity index is 1.87. The average Bonchev–Trinajstić information content (AvgIpc) is 2.86. The van der Waals surface area contributed by atoms with Crippen molar-refractivity contribution in [1.29, 1.82) is 0 Å². The SMILES string of the molecule is OCC12CCCC1CN(c1ncccc1F)C2. The summed E-state index contributed by atoms with van der Waals surface area (Å²) in [6.07, 6.45) is 5.01. The maximum atomic E-state index is 13.7. The minimum atomic E-state index is -0.263. The number of rotatable bonds is 2. The van der Waals surface area contributed by atoms with Crippen LogP contribution in [0.3, 0.4) is 0 Å². The second kappa shape index (κ2) is 3.95. The van der Waals surface area contributed by atoms with Crippen molar-refractivity contribution in [3.05, 3.63) is 24.1 Å². The molecule has 0 bridgehead atoms. The van der Waals surface area contributed by atoms with E-state index in [0.717, 1.165) is 25.9 Å². The maximum Gasteiger partial charge on any atom is 0.165 e. The summed E-state index contributed by atoms with van der Waals surface area (Å²) in [5.74, 6) is 0.671. The summed E-state index contributed by atoms with van der Waals surface area (Å²) < 4.78 is 13.7. The van der Waals surface area contributed by atoms with Gasteiger partial charge in [-0.2, -0.15) is 0 Å². The van der Waals surface area contributed by atoms with E-state index in [-0.39, 0.29) is 17.8 Å². The predicted octanol–water partition coefficient (Wildman–Crippen LogP) is 1.82. The molecule has 92 valence electrons. The first kappa shape index (κ1) is 11.0. The molecule has 2 aliphatic rings. The molecular weight excluding hydrogens is 219 g/mol. The molecule has 3 nitrogen and oxygen atoms in total. The molecule has 2 unspecified atom stereocenters. The van der Waals surface area contributed by atoms with Gasteiger partial charge in [0, 0.05) is 24.7 Å². The third kappa shape index (κ3) is 1.62. The van der Waals surface area contributed by atoms with E-state index in [2.05, 4.69) is 4.98 Å². The highest BCUT2D eigenvalue weighted by Gasteiger charge is 2.49. The van der Waals surface area contributed by atoms with E-state index >= 15 is 0 Å². The van der Waals surface area contributed by atoms with Gasteiger partial charge < -0.3 is 10.0 Å². The normalized spacial score (nSPS) is 31.9. The number of pyridine rings is 1. The first-order chi connectivity index (χ1) is 8.25. The first-order valence-corrected chi connectivity index (χ1v) is 6.21. The van der Waals surface area contributed by atoms with Crippen molar-refractivity contribution in [1.82, 2.24) is 4.98 Å². The van der Waals surface area contributed by atoms with Crippen LogP contribution in [0.2, 0.25) is 0 Å². The summed E-state index contributed by atoms with van der Waals surface area (Å²) in [6, 6.07) is 3.06.